The van der Waals surface area contributed by atoms with Gasteiger partial charge in [-0.15, -0.1) is 11.3 Å². The van der Waals surface area contributed by atoms with Gasteiger partial charge in [-0.05, 0) is 139 Å². The molecule has 0 N–H and O–H groups in total. The van der Waals surface area contributed by atoms with Crippen LogP contribution in [-0.2, 0) is 0 Å². The number of fused-ring (bicyclic) bond motifs is 1. The fraction of sp³-hybridized carbons (Fsp3) is 0.459. The van der Waals surface area contributed by atoms with E-state index in [-0.39, 0.29) is 11.6 Å². The topological polar surface area (TPSA) is 40.2 Å². The van der Waals surface area contributed by atoms with E-state index in [0.29, 0.717) is 18.1 Å². The zero-order chi connectivity index (χ0) is 33.6. The Hall–Kier alpha value is -3.22. The second-order valence-electron chi connectivity index (χ2n) is 12.2. The Morgan fingerprint density at radius 2 is 1.70 bits per heavy atom. The highest BCUT2D eigenvalue weighted by Gasteiger charge is 2.37. The van der Waals surface area contributed by atoms with Crippen LogP contribution in [0.4, 0.5) is 0 Å². The maximum Gasteiger partial charge on any atom is 0.153 e. The number of nitrogens with zero attached hydrogens (tertiary/aromatic N) is 1. The average molecular weight is 605 g/mol. The summed E-state index contributed by atoms with van der Waals surface area (Å²) in [5.41, 5.74) is 3.64. The molecular formula is C37H47NO4S. The van der Waals surface area contributed by atoms with Crippen molar-refractivity contribution in [3.63, 3.8) is 0 Å². The molecule has 2 unspecified atom stereocenters. The first-order chi connectivity index (χ1) is 21.6. The van der Waals surface area contributed by atoms with Gasteiger partial charge in [0.2, 0.25) is 0 Å². The van der Waals surface area contributed by atoms with Crippen LogP contribution in [0.15, 0.2) is 48.5 Å². The fourth-order valence-electron chi connectivity index (χ4n) is 6.41. The third-order valence-electron chi connectivity index (χ3n) is 8.45. The van der Waals surface area contributed by atoms with Crippen molar-refractivity contribution < 1.29 is 23.1 Å². The Morgan fingerprint density at radius 3 is 2.37 bits per heavy atom. The number of ether oxygens (including phenoxy) is 4. The van der Waals surface area contributed by atoms with Crippen molar-refractivity contribution in [1.29, 1.82) is 0 Å². The minimum absolute atomic E-state index is 0.0692. The molecule has 1 saturated heterocycles. The Labute approximate surface area is 265 Å². The van der Waals surface area contributed by atoms with E-state index in [1.54, 1.807) is 37.5 Å². The van der Waals surface area contributed by atoms with Crippen LogP contribution >= 0.6 is 11.3 Å². The van der Waals surface area contributed by atoms with Crippen LogP contribution in [0, 0.1) is 20.8 Å². The van der Waals surface area contributed by atoms with Gasteiger partial charge >= 0.3 is 0 Å². The smallest absolute Gasteiger partial charge is 0.153 e. The summed E-state index contributed by atoms with van der Waals surface area (Å²) in [5.74, 6) is 3.41. The third kappa shape index (κ3) is 6.51. The van der Waals surface area contributed by atoms with Gasteiger partial charge in [0, 0.05) is 27.7 Å². The molecule has 6 heteroatoms. The van der Waals surface area contributed by atoms with Crippen LogP contribution in [0.2, 0.25) is 0 Å². The number of thiophene rings is 1. The number of aryl methyl sites for hydroxylation is 3. The molecule has 4 aromatic rings. The molecule has 1 aliphatic rings. The van der Waals surface area contributed by atoms with E-state index in [1.807, 2.05) is 37.8 Å². The highest BCUT2D eigenvalue weighted by Crippen LogP contribution is 2.49. The first-order valence-corrected chi connectivity index (χ1v) is 16.0. The molecule has 1 aliphatic heterocycles. The summed E-state index contributed by atoms with van der Waals surface area (Å²) in [6, 6.07) is 14.1. The summed E-state index contributed by atoms with van der Waals surface area (Å²) in [7, 11) is 1.68. The van der Waals surface area contributed by atoms with Crippen LogP contribution in [-0.4, -0.2) is 42.8 Å². The highest BCUT2D eigenvalue weighted by molar-refractivity contribution is 7.22. The lowest BCUT2D eigenvalue weighted by atomic mass is 9.85. The Balaban J connectivity index is 1.50. The molecule has 2 heterocycles. The maximum absolute atomic E-state index is 9.25. The van der Waals surface area contributed by atoms with Gasteiger partial charge in [-0.1, -0.05) is 6.42 Å². The van der Waals surface area contributed by atoms with E-state index in [4.69, 9.17) is 21.7 Å². The molecule has 0 aliphatic carbocycles. The predicted octanol–water partition coefficient (Wildman–Crippen LogP) is 10.1. The van der Waals surface area contributed by atoms with E-state index < -0.39 is 12.6 Å². The molecule has 0 spiro atoms. The second-order valence-corrected chi connectivity index (χ2v) is 13.3. The highest BCUT2D eigenvalue weighted by atomic mass is 32.1. The second kappa shape index (κ2) is 12.8. The van der Waals surface area contributed by atoms with Crippen LogP contribution < -0.4 is 18.9 Å². The number of piperidine rings is 1. The average Bonchev–Trinajstić information content (AvgIpc) is 3.29. The van der Waals surface area contributed by atoms with Gasteiger partial charge in [-0.3, -0.25) is 4.90 Å². The summed E-state index contributed by atoms with van der Waals surface area (Å²) in [6.07, 6.45) is 2.91. The monoisotopic (exact) mass is 604 g/mol. The van der Waals surface area contributed by atoms with Crippen LogP contribution in [0.5, 0.6) is 28.7 Å². The van der Waals surface area contributed by atoms with Crippen molar-refractivity contribution in [2.45, 2.75) is 92.3 Å². The molecule has 1 aromatic heterocycles. The Bertz CT molecular complexity index is 1730. The van der Waals surface area contributed by atoms with Crippen LogP contribution in [0.1, 0.15) is 74.7 Å². The SMILES string of the molecule is [2H]C([2H])(Oc1ccc(Oc2c(-c3ccc(OCC)cc3C)sc3cc(OC)c(C)cc23)c(C)c1)C([2H])(C)N1C(C)CCCC1(C)C. The predicted molar refractivity (Wildman–Crippen MR) is 180 cm³/mol. The largest absolute Gasteiger partial charge is 0.496 e. The molecule has 1 fully saturated rings. The molecule has 3 aromatic carbocycles. The van der Waals surface area contributed by atoms with Crippen molar-refractivity contribution in [3.8, 4) is 39.2 Å². The number of hydrogen-bond donors (Lipinski definition) is 0. The van der Waals surface area contributed by atoms with Crippen molar-refractivity contribution in [2.75, 3.05) is 20.3 Å². The summed E-state index contributed by atoms with van der Waals surface area (Å²) >= 11 is 1.66. The number of rotatable bonds is 10. The van der Waals surface area contributed by atoms with E-state index >= 15 is 0 Å². The zero-order valence-corrected chi connectivity index (χ0v) is 27.8. The molecule has 43 heavy (non-hydrogen) atoms. The molecule has 0 amide bonds. The van der Waals surface area contributed by atoms with Crippen molar-refractivity contribution in [2.24, 2.45) is 0 Å². The molecule has 5 nitrogen and oxygen atoms in total. The number of likely N-dealkylation sites (tertiary alicyclic amines) is 1. The van der Waals surface area contributed by atoms with Gasteiger partial charge in [0.1, 0.15) is 29.6 Å². The molecule has 0 radical (unpaired) electrons. The lowest BCUT2D eigenvalue weighted by Gasteiger charge is -2.49. The minimum Gasteiger partial charge on any atom is -0.496 e. The molecule has 0 bridgehead atoms. The Morgan fingerprint density at radius 1 is 1.00 bits per heavy atom. The van der Waals surface area contributed by atoms with Gasteiger partial charge in [0.25, 0.3) is 0 Å². The Kier molecular flexibility index (Phi) is 8.13. The van der Waals surface area contributed by atoms with Crippen molar-refractivity contribution in [3.05, 3.63) is 65.2 Å². The normalized spacial score (nSPS) is 19.7. The van der Waals surface area contributed by atoms with E-state index in [0.717, 1.165) is 73.7 Å². The van der Waals surface area contributed by atoms with Crippen LogP contribution in [0.3, 0.4) is 0 Å². The van der Waals surface area contributed by atoms with E-state index in [9.17, 15) is 1.37 Å². The number of benzene rings is 3. The van der Waals surface area contributed by atoms with Crippen molar-refractivity contribution >= 4 is 21.4 Å². The molecule has 2 atom stereocenters. The summed E-state index contributed by atoms with van der Waals surface area (Å²) in [4.78, 5) is 2.99. The maximum atomic E-state index is 9.25. The lowest BCUT2D eigenvalue weighted by molar-refractivity contribution is -0.0169. The zero-order valence-electron chi connectivity index (χ0n) is 30.0. The van der Waals surface area contributed by atoms with Gasteiger partial charge in [0.05, 0.1) is 22.7 Å². The van der Waals surface area contributed by atoms with E-state index in [1.165, 1.54) is 0 Å². The summed E-state index contributed by atoms with van der Waals surface area (Å²) in [5, 5.41) is 0.992. The molecule has 5 rings (SSSR count). The molecular weight excluding hydrogens is 554 g/mol. The number of hydrogen-bond acceptors (Lipinski definition) is 6. The lowest BCUT2D eigenvalue weighted by Crippen LogP contribution is -2.57. The van der Waals surface area contributed by atoms with Gasteiger partial charge in [-0.25, -0.2) is 0 Å². The van der Waals surface area contributed by atoms with Crippen molar-refractivity contribution in [1.82, 2.24) is 4.90 Å². The van der Waals surface area contributed by atoms with Gasteiger partial charge < -0.3 is 18.9 Å². The minimum atomic E-state index is -2.27. The quantitative estimate of drug-likeness (QED) is 0.180. The third-order valence-corrected chi connectivity index (χ3v) is 9.62. The standard InChI is InChI=1S/C37H47NO4S/c1-10-40-28-13-15-30(23(2)18-28)36-35(31-20-25(4)33(39-9)21-34(31)43-36)42-32-16-14-29(19-24(32)3)41-22-27(6)38-26(5)12-11-17-37(38,7)8/h13-16,18-21,26-27H,10-12,17,22H2,1-9H3/i22D2,27D. The van der Waals surface area contributed by atoms with E-state index in [2.05, 4.69) is 52.0 Å². The summed E-state index contributed by atoms with van der Waals surface area (Å²) in [6.45, 7) is 14.2. The first-order valence-electron chi connectivity index (χ1n) is 16.7. The van der Waals surface area contributed by atoms with Gasteiger partial charge in [0.15, 0.2) is 5.75 Å². The molecule has 0 saturated carbocycles. The van der Waals surface area contributed by atoms with Crippen LogP contribution in [0.25, 0.3) is 20.5 Å². The number of methoxy groups -OCH3 is 1. The van der Waals surface area contributed by atoms with Gasteiger partial charge in [-0.2, -0.15) is 0 Å². The first kappa shape index (κ1) is 27.3. The summed E-state index contributed by atoms with van der Waals surface area (Å²) < 4.78 is 52.3. The fourth-order valence-corrected chi connectivity index (χ4v) is 7.64. The molecule has 230 valence electrons.